The van der Waals surface area contributed by atoms with Gasteiger partial charge in [0.2, 0.25) is 0 Å². The van der Waals surface area contributed by atoms with Crippen molar-refractivity contribution in [2.24, 2.45) is 11.3 Å². The van der Waals surface area contributed by atoms with Crippen LogP contribution in [0.3, 0.4) is 0 Å². The third kappa shape index (κ3) is 4.37. The van der Waals surface area contributed by atoms with E-state index in [0.29, 0.717) is 0 Å². The van der Waals surface area contributed by atoms with Gasteiger partial charge in [0.15, 0.2) is 0 Å². The average molecular weight is 211 g/mol. The van der Waals surface area contributed by atoms with E-state index in [0.717, 1.165) is 18.1 Å². The van der Waals surface area contributed by atoms with E-state index >= 15 is 0 Å². The number of hydrogen-bond donors (Lipinski definition) is 0. The summed E-state index contributed by atoms with van der Waals surface area (Å²) in [4.78, 5) is 0. The van der Waals surface area contributed by atoms with Gasteiger partial charge in [-0.1, -0.05) is 12.8 Å². The molecule has 0 bridgehead atoms. The van der Waals surface area contributed by atoms with Crippen LogP contribution in [0.1, 0.15) is 46.0 Å². The lowest BCUT2D eigenvalue weighted by Gasteiger charge is -2.15. The first-order chi connectivity index (χ1) is 6.64. The second-order valence-electron chi connectivity index (χ2n) is 4.97. The Morgan fingerprint density at radius 2 is 2.00 bits per heavy atom. The fraction of sp³-hybridized carbons (Fsp3) is 0.917. The Morgan fingerprint density at radius 3 is 2.57 bits per heavy atom. The Kier molecular flexibility index (Phi) is 4.81. The molecule has 80 valence electrons. The quantitative estimate of drug-likeness (QED) is 0.645. The monoisotopic (exact) mass is 211 g/mol. The Morgan fingerprint density at radius 1 is 1.36 bits per heavy atom. The molecule has 0 amide bonds. The summed E-state index contributed by atoms with van der Waals surface area (Å²) in [6, 6.07) is 2.36. The van der Waals surface area contributed by atoms with Gasteiger partial charge >= 0.3 is 0 Å². The molecule has 14 heavy (non-hydrogen) atoms. The summed E-state index contributed by atoms with van der Waals surface area (Å²) in [5, 5.41) is 8.85. The van der Waals surface area contributed by atoms with Crippen molar-refractivity contribution in [3.63, 3.8) is 0 Å². The van der Waals surface area contributed by atoms with Gasteiger partial charge in [-0.25, -0.2) is 0 Å². The van der Waals surface area contributed by atoms with Crippen molar-refractivity contribution in [1.82, 2.24) is 0 Å². The summed E-state index contributed by atoms with van der Waals surface area (Å²) < 4.78 is 0. The predicted octanol–water partition coefficient (Wildman–Crippen LogP) is 3.85. The topological polar surface area (TPSA) is 23.8 Å². The molecule has 0 unspecified atom stereocenters. The second-order valence-corrected chi connectivity index (χ2v) is 6.12. The zero-order valence-electron chi connectivity index (χ0n) is 9.38. The second kappa shape index (κ2) is 5.66. The summed E-state index contributed by atoms with van der Waals surface area (Å²) in [5.74, 6) is 3.45. The molecular formula is C12H21NS. The molecular weight excluding hydrogens is 190 g/mol. The number of nitriles is 1. The van der Waals surface area contributed by atoms with Crippen LogP contribution < -0.4 is 0 Å². The van der Waals surface area contributed by atoms with Crippen LogP contribution in [0.2, 0.25) is 0 Å². The molecule has 0 radical (unpaired) electrons. The fourth-order valence-corrected chi connectivity index (χ4v) is 3.30. The standard InChI is InChI=1S/C12H21NS/c1-12(2,10-13)7-8-14-9-11-5-3-4-6-11/h11H,3-9H2,1-2H3. The zero-order valence-corrected chi connectivity index (χ0v) is 10.2. The van der Waals surface area contributed by atoms with E-state index in [9.17, 15) is 0 Å². The normalized spacial score (nSPS) is 18.4. The van der Waals surface area contributed by atoms with E-state index in [2.05, 4.69) is 6.07 Å². The zero-order chi connectivity index (χ0) is 10.4. The van der Waals surface area contributed by atoms with Gasteiger partial charge in [0.25, 0.3) is 0 Å². The lowest BCUT2D eigenvalue weighted by molar-refractivity contribution is 0.481. The molecule has 0 aromatic heterocycles. The SMILES string of the molecule is CC(C)(C#N)CCSCC1CCCC1. The third-order valence-electron chi connectivity index (χ3n) is 3.00. The van der Waals surface area contributed by atoms with Crippen molar-refractivity contribution in [2.45, 2.75) is 46.0 Å². The molecule has 2 heteroatoms. The summed E-state index contributed by atoms with van der Waals surface area (Å²) in [6.07, 6.45) is 6.79. The van der Waals surface area contributed by atoms with E-state index in [1.54, 1.807) is 0 Å². The summed E-state index contributed by atoms with van der Waals surface area (Å²) in [6.45, 7) is 4.06. The Hall–Kier alpha value is -0.160. The van der Waals surface area contributed by atoms with Crippen LogP contribution in [0.4, 0.5) is 0 Å². The van der Waals surface area contributed by atoms with Crippen LogP contribution in [-0.4, -0.2) is 11.5 Å². The predicted molar refractivity (Wildman–Crippen MR) is 63.3 cm³/mol. The van der Waals surface area contributed by atoms with Crippen molar-refractivity contribution < 1.29 is 0 Å². The highest BCUT2D eigenvalue weighted by Crippen LogP contribution is 2.29. The molecule has 0 aromatic rings. The maximum atomic E-state index is 8.85. The average Bonchev–Trinajstić information content (AvgIpc) is 2.65. The smallest absolute Gasteiger partial charge is 0.0684 e. The molecule has 1 nitrogen and oxygen atoms in total. The summed E-state index contributed by atoms with van der Waals surface area (Å²) >= 11 is 2.04. The molecule has 1 rings (SSSR count). The van der Waals surface area contributed by atoms with Gasteiger partial charge < -0.3 is 0 Å². The van der Waals surface area contributed by atoms with Crippen LogP contribution in [0.25, 0.3) is 0 Å². The first-order valence-electron chi connectivity index (χ1n) is 5.63. The molecule has 1 fully saturated rings. The summed E-state index contributed by atoms with van der Waals surface area (Å²) in [5.41, 5.74) is -0.122. The first kappa shape index (κ1) is 11.9. The lowest BCUT2D eigenvalue weighted by atomic mass is 9.93. The molecule has 0 atom stereocenters. The highest BCUT2D eigenvalue weighted by molar-refractivity contribution is 7.99. The minimum absolute atomic E-state index is 0.122. The molecule has 1 aliphatic carbocycles. The Bertz CT molecular complexity index is 199. The minimum Gasteiger partial charge on any atom is -0.198 e. The Balaban J connectivity index is 2.02. The molecule has 0 N–H and O–H groups in total. The minimum atomic E-state index is -0.122. The van der Waals surface area contributed by atoms with Crippen molar-refractivity contribution >= 4 is 11.8 Å². The first-order valence-corrected chi connectivity index (χ1v) is 6.78. The highest BCUT2D eigenvalue weighted by atomic mass is 32.2. The number of thioether (sulfide) groups is 1. The van der Waals surface area contributed by atoms with Gasteiger partial charge in [0, 0.05) is 0 Å². The van der Waals surface area contributed by atoms with E-state index in [4.69, 9.17) is 5.26 Å². The maximum absolute atomic E-state index is 8.85. The van der Waals surface area contributed by atoms with E-state index in [1.165, 1.54) is 31.4 Å². The number of hydrogen-bond acceptors (Lipinski definition) is 2. The molecule has 0 heterocycles. The van der Waals surface area contributed by atoms with Crippen molar-refractivity contribution in [3.8, 4) is 6.07 Å². The van der Waals surface area contributed by atoms with Crippen LogP contribution in [-0.2, 0) is 0 Å². The van der Waals surface area contributed by atoms with Gasteiger partial charge in [0.05, 0.1) is 11.5 Å². The molecule has 0 spiro atoms. The molecule has 1 aliphatic rings. The van der Waals surface area contributed by atoms with Crippen molar-refractivity contribution in [2.75, 3.05) is 11.5 Å². The Labute approximate surface area is 92.3 Å². The van der Waals surface area contributed by atoms with Crippen LogP contribution in [0.5, 0.6) is 0 Å². The number of nitrogens with zero attached hydrogens (tertiary/aromatic N) is 1. The fourth-order valence-electron chi connectivity index (χ4n) is 1.81. The molecule has 1 saturated carbocycles. The van der Waals surface area contributed by atoms with E-state index in [1.807, 2.05) is 25.6 Å². The molecule has 0 saturated heterocycles. The van der Waals surface area contributed by atoms with Gasteiger partial charge in [-0.2, -0.15) is 17.0 Å². The van der Waals surface area contributed by atoms with Crippen molar-refractivity contribution in [3.05, 3.63) is 0 Å². The largest absolute Gasteiger partial charge is 0.198 e. The highest BCUT2D eigenvalue weighted by Gasteiger charge is 2.18. The third-order valence-corrected chi connectivity index (χ3v) is 4.20. The van der Waals surface area contributed by atoms with Gasteiger partial charge in [-0.05, 0) is 50.5 Å². The van der Waals surface area contributed by atoms with E-state index in [-0.39, 0.29) is 5.41 Å². The maximum Gasteiger partial charge on any atom is 0.0684 e. The molecule has 0 aliphatic heterocycles. The molecule has 0 aromatic carbocycles. The van der Waals surface area contributed by atoms with Crippen LogP contribution in [0, 0.1) is 22.7 Å². The lowest BCUT2D eigenvalue weighted by Crippen LogP contribution is -2.09. The van der Waals surface area contributed by atoms with E-state index < -0.39 is 0 Å². The van der Waals surface area contributed by atoms with Gasteiger partial charge in [-0.3, -0.25) is 0 Å². The van der Waals surface area contributed by atoms with Gasteiger partial charge in [0.1, 0.15) is 0 Å². The summed E-state index contributed by atoms with van der Waals surface area (Å²) in [7, 11) is 0. The van der Waals surface area contributed by atoms with Gasteiger partial charge in [-0.15, -0.1) is 0 Å². The van der Waals surface area contributed by atoms with Crippen molar-refractivity contribution in [1.29, 1.82) is 5.26 Å². The number of rotatable bonds is 5. The van der Waals surface area contributed by atoms with Crippen LogP contribution >= 0.6 is 11.8 Å². The van der Waals surface area contributed by atoms with Crippen LogP contribution in [0.15, 0.2) is 0 Å².